The summed E-state index contributed by atoms with van der Waals surface area (Å²) in [7, 11) is 0. The average Bonchev–Trinajstić information content (AvgIpc) is 2.83. The molecule has 1 amide bonds. The number of benzene rings is 1. The van der Waals surface area contributed by atoms with E-state index in [-0.39, 0.29) is 9.75 Å². The zero-order valence-electron chi connectivity index (χ0n) is 9.62. The molecule has 0 bridgehead atoms. The number of carboxylic acid groups (broad SMARTS) is 1. The van der Waals surface area contributed by atoms with Crippen molar-refractivity contribution in [1.82, 2.24) is 0 Å². The molecule has 4 nitrogen and oxygen atoms in total. The number of nitrogens with one attached hydrogen (secondary N) is 1. The van der Waals surface area contributed by atoms with Gasteiger partial charge in [-0.15, -0.1) is 11.3 Å². The molecule has 1 heterocycles. The van der Waals surface area contributed by atoms with Gasteiger partial charge in [-0.05, 0) is 12.1 Å². The third-order valence-corrected chi connectivity index (χ3v) is 3.36. The molecule has 20 heavy (non-hydrogen) atoms. The van der Waals surface area contributed by atoms with Gasteiger partial charge in [0, 0.05) is 12.1 Å². The molecule has 8 heteroatoms. The maximum Gasteiger partial charge on any atom is 0.345 e. The molecule has 0 aliphatic carbocycles. The van der Waals surface area contributed by atoms with E-state index in [4.69, 9.17) is 5.11 Å². The highest BCUT2D eigenvalue weighted by Gasteiger charge is 2.17. The average molecular weight is 301 g/mol. The van der Waals surface area contributed by atoms with Crippen molar-refractivity contribution < 1.29 is 27.9 Å². The van der Waals surface area contributed by atoms with Crippen LogP contribution in [0.25, 0.3) is 0 Å². The predicted molar refractivity (Wildman–Crippen MR) is 65.5 cm³/mol. The molecule has 0 saturated heterocycles. The summed E-state index contributed by atoms with van der Waals surface area (Å²) in [5.74, 6) is -5.72. The number of carboxylic acids is 1. The van der Waals surface area contributed by atoms with E-state index in [0.29, 0.717) is 23.5 Å². The molecule has 0 radical (unpaired) electrons. The van der Waals surface area contributed by atoms with Crippen molar-refractivity contribution in [2.45, 2.75) is 0 Å². The fraction of sp³-hybridized carbons (Fsp3) is 0. The number of carbonyl (C=O) groups is 2. The van der Waals surface area contributed by atoms with Gasteiger partial charge in [0.25, 0.3) is 5.91 Å². The predicted octanol–water partition coefficient (Wildman–Crippen LogP) is 3.12. The first-order chi connectivity index (χ1) is 9.38. The minimum atomic E-state index is -1.26. The molecule has 0 spiro atoms. The molecule has 2 N–H and O–H groups in total. The van der Waals surface area contributed by atoms with Crippen LogP contribution in [0.15, 0.2) is 24.3 Å². The lowest BCUT2D eigenvalue weighted by Gasteiger charge is -2.06. The van der Waals surface area contributed by atoms with Crippen LogP contribution < -0.4 is 5.32 Å². The Balaban J connectivity index is 2.25. The van der Waals surface area contributed by atoms with Gasteiger partial charge >= 0.3 is 5.97 Å². The minimum absolute atomic E-state index is 0.0366. The van der Waals surface area contributed by atoms with Crippen molar-refractivity contribution >= 4 is 28.9 Å². The van der Waals surface area contributed by atoms with Gasteiger partial charge in [-0.25, -0.2) is 18.0 Å². The maximum atomic E-state index is 13.3. The molecule has 2 rings (SSSR count). The molecule has 1 aromatic heterocycles. The summed E-state index contributed by atoms with van der Waals surface area (Å²) in [4.78, 5) is 22.3. The zero-order chi connectivity index (χ0) is 14.9. The van der Waals surface area contributed by atoms with Crippen LogP contribution in [0.1, 0.15) is 19.3 Å². The fourth-order valence-electron chi connectivity index (χ4n) is 1.41. The molecule has 0 atom stereocenters. The van der Waals surface area contributed by atoms with E-state index in [2.05, 4.69) is 0 Å². The Labute approximate surface area is 114 Å². The largest absolute Gasteiger partial charge is 0.477 e. The number of anilines is 1. The number of amides is 1. The third-order valence-electron chi connectivity index (χ3n) is 2.29. The Bertz CT molecular complexity index is 676. The molecular weight excluding hydrogens is 295 g/mol. The van der Waals surface area contributed by atoms with E-state index in [1.807, 2.05) is 5.32 Å². The fourth-order valence-corrected chi connectivity index (χ4v) is 2.15. The van der Waals surface area contributed by atoms with Gasteiger partial charge in [0.15, 0.2) is 11.6 Å². The minimum Gasteiger partial charge on any atom is -0.477 e. The number of thiophene rings is 1. The first-order valence-electron chi connectivity index (χ1n) is 5.17. The van der Waals surface area contributed by atoms with Crippen molar-refractivity contribution in [2.24, 2.45) is 0 Å². The lowest BCUT2D eigenvalue weighted by atomic mass is 10.2. The SMILES string of the molecule is O=C(O)c1ccc(C(=O)Nc2c(F)cc(F)cc2F)s1. The Kier molecular flexibility index (Phi) is 3.75. The Morgan fingerprint density at radius 2 is 1.60 bits per heavy atom. The Morgan fingerprint density at radius 1 is 1.05 bits per heavy atom. The molecule has 0 aliphatic heterocycles. The van der Waals surface area contributed by atoms with Gasteiger partial charge in [0.05, 0.1) is 4.88 Å². The van der Waals surface area contributed by atoms with E-state index in [9.17, 15) is 22.8 Å². The normalized spacial score (nSPS) is 10.3. The lowest BCUT2D eigenvalue weighted by molar-refractivity contribution is 0.0702. The van der Waals surface area contributed by atoms with Gasteiger partial charge in [-0.3, -0.25) is 4.79 Å². The van der Waals surface area contributed by atoms with E-state index >= 15 is 0 Å². The van der Waals surface area contributed by atoms with Crippen LogP contribution in [-0.2, 0) is 0 Å². The monoisotopic (exact) mass is 301 g/mol. The number of rotatable bonds is 3. The van der Waals surface area contributed by atoms with Gasteiger partial charge < -0.3 is 10.4 Å². The standard InChI is InChI=1S/C12H6F3NO3S/c13-5-3-6(14)10(7(15)4-5)16-11(17)8-1-2-9(20-8)12(18)19/h1-4H,(H,16,17)(H,18,19). The number of hydrogen-bond donors (Lipinski definition) is 2. The number of carbonyl (C=O) groups excluding carboxylic acids is 1. The van der Waals surface area contributed by atoms with Crippen LogP contribution in [0, 0.1) is 17.5 Å². The van der Waals surface area contributed by atoms with Crippen LogP contribution in [0.4, 0.5) is 18.9 Å². The topological polar surface area (TPSA) is 66.4 Å². The Hall–Kier alpha value is -2.35. The zero-order valence-corrected chi connectivity index (χ0v) is 10.4. The van der Waals surface area contributed by atoms with Crippen LogP contribution in [0.3, 0.4) is 0 Å². The van der Waals surface area contributed by atoms with Crippen molar-refractivity contribution in [2.75, 3.05) is 5.32 Å². The van der Waals surface area contributed by atoms with Crippen LogP contribution in [-0.4, -0.2) is 17.0 Å². The van der Waals surface area contributed by atoms with Crippen molar-refractivity contribution in [3.05, 3.63) is 51.5 Å². The molecule has 0 unspecified atom stereocenters. The summed E-state index contributed by atoms with van der Waals surface area (Å²) in [5.41, 5.74) is -0.790. The molecule has 104 valence electrons. The quantitative estimate of drug-likeness (QED) is 0.915. The van der Waals surface area contributed by atoms with Crippen LogP contribution >= 0.6 is 11.3 Å². The first kappa shape index (κ1) is 14.1. The summed E-state index contributed by atoms with van der Waals surface area (Å²) < 4.78 is 39.4. The second kappa shape index (κ2) is 5.33. The van der Waals surface area contributed by atoms with E-state index < -0.39 is 35.0 Å². The summed E-state index contributed by atoms with van der Waals surface area (Å²) in [6, 6.07) is 3.26. The molecule has 2 aromatic rings. The molecule has 1 aromatic carbocycles. The highest BCUT2D eigenvalue weighted by atomic mass is 32.1. The lowest BCUT2D eigenvalue weighted by Crippen LogP contribution is -2.13. The van der Waals surface area contributed by atoms with E-state index in [1.54, 1.807) is 0 Å². The van der Waals surface area contributed by atoms with E-state index in [0.717, 1.165) is 0 Å². The van der Waals surface area contributed by atoms with Crippen LogP contribution in [0.5, 0.6) is 0 Å². The summed E-state index contributed by atoms with van der Waals surface area (Å²) >= 11 is 0.653. The second-order valence-electron chi connectivity index (χ2n) is 3.67. The van der Waals surface area contributed by atoms with Gasteiger partial charge in [0.2, 0.25) is 0 Å². The number of aromatic carboxylic acids is 1. The van der Waals surface area contributed by atoms with Crippen molar-refractivity contribution in [1.29, 1.82) is 0 Å². The maximum absolute atomic E-state index is 13.3. The summed E-state index contributed by atoms with van der Waals surface area (Å²) in [6.45, 7) is 0. The molecular formula is C12H6F3NO3S. The third kappa shape index (κ3) is 2.80. The molecule has 0 saturated carbocycles. The van der Waals surface area contributed by atoms with Crippen molar-refractivity contribution in [3.63, 3.8) is 0 Å². The van der Waals surface area contributed by atoms with Crippen LogP contribution in [0.2, 0.25) is 0 Å². The van der Waals surface area contributed by atoms with Gasteiger partial charge in [0.1, 0.15) is 16.4 Å². The first-order valence-corrected chi connectivity index (χ1v) is 5.99. The molecule has 0 fully saturated rings. The smallest absolute Gasteiger partial charge is 0.345 e. The van der Waals surface area contributed by atoms with Gasteiger partial charge in [-0.2, -0.15) is 0 Å². The van der Waals surface area contributed by atoms with E-state index in [1.165, 1.54) is 12.1 Å². The Morgan fingerprint density at radius 3 is 2.10 bits per heavy atom. The highest BCUT2D eigenvalue weighted by Crippen LogP contribution is 2.23. The van der Waals surface area contributed by atoms with Crippen molar-refractivity contribution in [3.8, 4) is 0 Å². The van der Waals surface area contributed by atoms with Gasteiger partial charge in [-0.1, -0.05) is 0 Å². The highest BCUT2D eigenvalue weighted by molar-refractivity contribution is 7.15. The molecule has 0 aliphatic rings. The summed E-state index contributed by atoms with van der Waals surface area (Å²) in [6.07, 6.45) is 0. The number of halogens is 3. The number of hydrogen-bond acceptors (Lipinski definition) is 3. The second-order valence-corrected chi connectivity index (χ2v) is 4.75. The summed E-state index contributed by atoms with van der Waals surface area (Å²) in [5, 5.41) is 10.6.